The van der Waals surface area contributed by atoms with Crippen molar-refractivity contribution in [3.05, 3.63) is 34.5 Å². The third-order valence-corrected chi connectivity index (χ3v) is 5.79. The van der Waals surface area contributed by atoms with Gasteiger partial charge in [-0.1, -0.05) is 17.7 Å². The number of carbonyl (C=O) groups is 1. The van der Waals surface area contributed by atoms with E-state index >= 15 is 0 Å². The summed E-state index contributed by atoms with van der Waals surface area (Å²) in [5, 5.41) is 1.94. The number of piperidine rings is 1. The summed E-state index contributed by atoms with van der Waals surface area (Å²) in [4.78, 5) is 15.3. The number of fused-ring (bicyclic) bond motifs is 3. The van der Waals surface area contributed by atoms with Crippen molar-refractivity contribution < 1.29 is 4.79 Å². The molecule has 2 aromatic rings. The summed E-state index contributed by atoms with van der Waals surface area (Å²) >= 11 is 6.17. The van der Waals surface area contributed by atoms with Crippen LogP contribution in [-0.2, 0) is 6.42 Å². The summed E-state index contributed by atoms with van der Waals surface area (Å²) < 4.78 is 1.98. The third kappa shape index (κ3) is 1.51. The van der Waals surface area contributed by atoms with Crippen molar-refractivity contribution in [1.29, 1.82) is 0 Å². The summed E-state index contributed by atoms with van der Waals surface area (Å²) in [7, 11) is 0. The predicted octanol–water partition coefficient (Wildman–Crippen LogP) is 3.65. The van der Waals surface area contributed by atoms with Crippen LogP contribution in [0.1, 0.15) is 41.4 Å². The van der Waals surface area contributed by atoms with Crippen LogP contribution < -0.4 is 0 Å². The van der Waals surface area contributed by atoms with Crippen molar-refractivity contribution in [3.63, 3.8) is 0 Å². The van der Waals surface area contributed by atoms with Crippen LogP contribution in [0.2, 0.25) is 5.02 Å². The van der Waals surface area contributed by atoms with Crippen LogP contribution in [0.5, 0.6) is 0 Å². The molecule has 0 amide bonds. The first-order chi connectivity index (χ1) is 10.2. The average Bonchev–Trinajstić information content (AvgIpc) is 2.81. The molecule has 21 heavy (non-hydrogen) atoms. The molecule has 0 unspecified atom stereocenters. The molecule has 0 radical (unpaired) electrons. The molecule has 1 aromatic heterocycles. The first-order valence-electron chi connectivity index (χ1n) is 7.84. The molecule has 4 heterocycles. The number of benzene rings is 1. The Labute approximate surface area is 128 Å². The van der Waals surface area contributed by atoms with Crippen molar-refractivity contribution in [2.45, 2.75) is 31.7 Å². The van der Waals surface area contributed by atoms with Crippen molar-refractivity contribution >= 4 is 28.4 Å². The Bertz CT molecular complexity index is 779. The zero-order valence-corrected chi connectivity index (χ0v) is 12.6. The zero-order chi connectivity index (χ0) is 14.1. The van der Waals surface area contributed by atoms with Crippen molar-refractivity contribution in [1.82, 2.24) is 9.47 Å². The molecule has 1 aromatic carbocycles. The van der Waals surface area contributed by atoms with Crippen LogP contribution in [-0.4, -0.2) is 28.5 Å². The number of nitrogens with zero attached hydrogens (tertiary/aromatic N) is 2. The van der Waals surface area contributed by atoms with Gasteiger partial charge in [-0.05, 0) is 49.4 Å². The summed E-state index contributed by atoms with van der Waals surface area (Å²) in [6.45, 7) is 2.31. The minimum Gasteiger partial charge on any atom is -0.294 e. The van der Waals surface area contributed by atoms with Gasteiger partial charge in [0, 0.05) is 29.1 Å². The van der Waals surface area contributed by atoms with Gasteiger partial charge in [0.2, 0.25) is 5.91 Å². The highest BCUT2D eigenvalue weighted by molar-refractivity contribution is 6.31. The van der Waals surface area contributed by atoms with Crippen LogP contribution in [0.4, 0.5) is 0 Å². The van der Waals surface area contributed by atoms with Gasteiger partial charge in [-0.25, -0.2) is 0 Å². The molecule has 3 nitrogen and oxygen atoms in total. The lowest BCUT2D eigenvalue weighted by atomic mass is 9.79. The molecule has 4 heteroatoms. The molecule has 108 valence electrons. The quantitative estimate of drug-likeness (QED) is 0.742. The van der Waals surface area contributed by atoms with Gasteiger partial charge in [0.15, 0.2) is 0 Å². The molecule has 3 aliphatic heterocycles. The number of hydrogen-bond donors (Lipinski definition) is 0. The van der Waals surface area contributed by atoms with E-state index < -0.39 is 0 Å². The smallest absolute Gasteiger partial charge is 0.231 e. The molecule has 0 N–H and O–H groups in total. The second-order valence-corrected chi connectivity index (χ2v) is 7.03. The van der Waals surface area contributed by atoms with Gasteiger partial charge in [0.1, 0.15) is 0 Å². The lowest BCUT2D eigenvalue weighted by Gasteiger charge is -2.46. The Morgan fingerprint density at radius 2 is 2.14 bits per heavy atom. The van der Waals surface area contributed by atoms with Gasteiger partial charge in [-0.3, -0.25) is 14.3 Å². The zero-order valence-electron chi connectivity index (χ0n) is 11.8. The maximum atomic E-state index is 12.7. The van der Waals surface area contributed by atoms with Gasteiger partial charge in [-0.15, -0.1) is 0 Å². The first kappa shape index (κ1) is 12.2. The van der Waals surface area contributed by atoms with Gasteiger partial charge >= 0.3 is 0 Å². The second-order valence-electron chi connectivity index (χ2n) is 6.59. The van der Waals surface area contributed by atoms with E-state index in [9.17, 15) is 4.79 Å². The van der Waals surface area contributed by atoms with Crippen molar-refractivity contribution in [2.75, 3.05) is 13.1 Å². The van der Waals surface area contributed by atoms with Crippen LogP contribution in [0.25, 0.3) is 10.9 Å². The monoisotopic (exact) mass is 300 g/mol. The number of hydrogen-bond acceptors (Lipinski definition) is 2. The number of aromatic nitrogens is 1. The largest absolute Gasteiger partial charge is 0.294 e. The van der Waals surface area contributed by atoms with E-state index in [2.05, 4.69) is 11.0 Å². The fourth-order valence-electron chi connectivity index (χ4n) is 4.77. The minimum absolute atomic E-state index is 0.258. The Morgan fingerprint density at radius 1 is 1.24 bits per heavy atom. The molecule has 0 spiro atoms. The van der Waals surface area contributed by atoms with Crippen LogP contribution in [0, 0.1) is 5.92 Å². The molecular weight excluding hydrogens is 284 g/mol. The summed E-state index contributed by atoms with van der Waals surface area (Å²) in [5.74, 6) is 0.770. The number of rotatable bonds is 0. The summed E-state index contributed by atoms with van der Waals surface area (Å²) in [5.41, 5.74) is 3.69. The van der Waals surface area contributed by atoms with Crippen LogP contribution in [0.3, 0.4) is 0 Å². The molecule has 0 aliphatic carbocycles. The lowest BCUT2D eigenvalue weighted by Crippen LogP contribution is -2.47. The highest BCUT2D eigenvalue weighted by Crippen LogP contribution is 2.48. The molecule has 1 fully saturated rings. The van der Waals surface area contributed by atoms with E-state index in [0.29, 0.717) is 23.4 Å². The molecule has 1 saturated heterocycles. The highest BCUT2D eigenvalue weighted by atomic mass is 35.5. The molecular formula is C17H17ClN2O. The molecule has 3 aliphatic rings. The normalized spacial score (nSPS) is 28.0. The SMILES string of the molecule is O=C1C[C@H]2CCCN3CCc4c(n1c1cc(Cl)ccc41)[C@@H]23. The predicted molar refractivity (Wildman–Crippen MR) is 82.9 cm³/mol. The van der Waals surface area contributed by atoms with E-state index in [1.54, 1.807) is 0 Å². The highest BCUT2D eigenvalue weighted by Gasteiger charge is 2.44. The Kier molecular flexibility index (Phi) is 2.40. The van der Waals surface area contributed by atoms with E-state index in [1.165, 1.54) is 36.0 Å². The molecule has 0 bridgehead atoms. The Balaban J connectivity index is 1.87. The Morgan fingerprint density at radius 3 is 3.05 bits per heavy atom. The van der Waals surface area contributed by atoms with Gasteiger partial charge < -0.3 is 0 Å². The summed E-state index contributed by atoms with van der Waals surface area (Å²) in [6.07, 6.45) is 4.16. The van der Waals surface area contributed by atoms with Gasteiger partial charge in [0.05, 0.1) is 11.6 Å². The van der Waals surface area contributed by atoms with Gasteiger partial charge in [-0.2, -0.15) is 0 Å². The topological polar surface area (TPSA) is 25.2 Å². The van der Waals surface area contributed by atoms with E-state index in [1.807, 2.05) is 16.7 Å². The van der Waals surface area contributed by atoms with Crippen molar-refractivity contribution in [2.24, 2.45) is 5.92 Å². The first-order valence-corrected chi connectivity index (χ1v) is 8.22. The fourth-order valence-corrected chi connectivity index (χ4v) is 4.94. The van der Waals surface area contributed by atoms with Gasteiger partial charge in [0.25, 0.3) is 0 Å². The molecule has 0 saturated carbocycles. The molecule has 5 rings (SSSR count). The maximum absolute atomic E-state index is 12.7. The van der Waals surface area contributed by atoms with Crippen LogP contribution in [0.15, 0.2) is 18.2 Å². The Hall–Kier alpha value is -1.32. The fraction of sp³-hybridized carbons (Fsp3) is 0.471. The van der Waals surface area contributed by atoms with E-state index in [-0.39, 0.29) is 5.91 Å². The third-order valence-electron chi connectivity index (χ3n) is 5.55. The number of halogens is 1. The average molecular weight is 301 g/mol. The standard InChI is InChI=1S/C17H17ClN2O/c18-11-3-4-12-13-5-7-19-6-1-2-10-8-15(21)20(14(12)9-11)17(13)16(10)19/h3-4,9-10,16H,1-2,5-8H2/t10-,16-/m1/s1. The summed E-state index contributed by atoms with van der Waals surface area (Å²) in [6, 6.07) is 6.45. The van der Waals surface area contributed by atoms with Crippen molar-refractivity contribution in [3.8, 4) is 0 Å². The molecule has 2 atom stereocenters. The minimum atomic E-state index is 0.258. The van der Waals surface area contributed by atoms with E-state index in [4.69, 9.17) is 11.6 Å². The van der Waals surface area contributed by atoms with Crippen LogP contribution >= 0.6 is 11.6 Å². The van der Waals surface area contributed by atoms with E-state index in [0.717, 1.165) is 18.5 Å². The maximum Gasteiger partial charge on any atom is 0.231 e. The number of carbonyl (C=O) groups excluding carboxylic acids is 1. The lowest BCUT2D eigenvalue weighted by molar-refractivity contribution is 0.0478. The second kappa shape index (κ2) is 4.11.